The van der Waals surface area contributed by atoms with Gasteiger partial charge in [-0.3, -0.25) is 4.31 Å². The highest BCUT2D eigenvalue weighted by Gasteiger charge is 2.38. The second-order valence-electron chi connectivity index (χ2n) is 4.26. The average Bonchev–Trinajstić information content (AvgIpc) is 2.37. The lowest BCUT2D eigenvalue weighted by Crippen LogP contribution is -2.35. The fourth-order valence-corrected chi connectivity index (χ4v) is 3.59. The van der Waals surface area contributed by atoms with Crippen molar-refractivity contribution in [3.8, 4) is 0 Å². The van der Waals surface area contributed by atoms with E-state index in [1.54, 1.807) is 18.2 Å². The Kier molecular flexibility index (Phi) is 3.31. The van der Waals surface area contributed by atoms with Crippen molar-refractivity contribution < 1.29 is 23.4 Å². The lowest BCUT2D eigenvalue weighted by molar-refractivity contribution is -0.133. The highest BCUT2D eigenvalue weighted by atomic mass is 32.2. The number of aliphatic hydroxyl groups excluding tert-OH is 1. The number of aliphatic carboxylic acids is 1. The molecule has 0 fully saturated rings. The van der Waals surface area contributed by atoms with Crippen LogP contribution in [-0.2, 0) is 21.2 Å². The molecule has 20 heavy (non-hydrogen) atoms. The van der Waals surface area contributed by atoms with Gasteiger partial charge in [0.1, 0.15) is 0 Å². The smallest absolute Gasteiger partial charge is 0.357 e. The van der Waals surface area contributed by atoms with Crippen LogP contribution in [-0.4, -0.2) is 36.0 Å². The zero-order valence-electron chi connectivity index (χ0n) is 10.7. The summed E-state index contributed by atoms with van der Waals surface area (Å²) in [6, 6.07) is 4.50. The van der Waals surface area contributed by atoms with Crippen LogP contribution in [0.2, 0.25) is 0 Å². The van der Waals surface area contributed by atoms with Gasteiger partial charge in [0.05, 0.1) is 4.90 Å². The summed E-state index contributed by atoms with van der Waals surface area (Å²) in [7, 11) is -2.89. The minimum absolute atomic E-state index is 0.0305. The molecule has 1 aromatic rings. The van der Waals surface area contributed by atoms with Crippen LogP contribution in [0.5, 0.6) is 0 Å². The summed E-state index contributed by atoms with van der Waals surface area (Å²) in [5, 5.41) is 19.3. The molecule has 6 nitrogen and oxygen atoms in total. The first-order valence-corrected chi connectivity index (χ1v) is 7.15. The topological polar surface area (TPSA) is 94.9 Å². The fourth-order valence-electron chi connectivity index (χ4n) is 2.16. The number of allylic oxidation sites excluding steroid dienone is 1. The van der Waals surface area contributed by atoms with Gasteiger partial charge >= 0.3 is 5.97 Å². The lowest BCUT2D eigenvalue weighted by atomic mass is 10.0. The number of hydrogen-bond acceptors (Lipinski definition) is 4. The molecule has 0 saturated heterocycles. The minimum Gasteiger partial charge on any atom is -0.505 e. The van der Waals surface area contributed by atoms with Crippen molar-refractivity contribution in [1.82, 2.24) is 4.31 Å². The van der Waals surface area contributed by atoms with Crippen molar-refractivity contribution in [3.05, 3.63) is 47.7 Å². The number of likely N-dealkylation sites (N-methyl/N-ethyl adjacent to an activating group) is 1. The van der Waals surface area contributed by atoms with Gasteiger partial charge in [-0.05, 0) is 18.1 Å². The first-order chi connectivity index (χ1) is 9.32. The Morgan fingerprint density at radius 2 is 2.10 bits per heavy atom. The second kappa shape index (κ2) is 4.68. The van der Waals surface area contributed by atoms with Crippen molar-refractivity contribution in [3.63, 3.8) is 0 Å². The average molecular weight is 295 g/mol. The molecule has 0 atom stereocenters. The van der Waals surface area contributed by atoms with Crippen LogP contribution in [0.15, 0.2) is 41.4 Å². The zero-order valence-corrected chi connectivity index (χ0v) is 11.5. The minimum atomic E-state index is -3.99. The molecule has 1 aromatic carbocycles. The lowest BCUT2D eigenvalue weighted by Gasteiger charge is -2.28. The van der Waals surface area contributed by atoms with Crippen LogP contribution in [0.1, 0.15) is 11.1 Å². The first-order valence-electron chi connectivity index (χ1n) is 5.71. The van der Waals surface area contributed by atoms with Crippen LogP contribution in [0, 0.1) is 0 Å². The van der Waals surface area contributed by atoms with Crippen LogP contribution < -0.4 is 0 Å². The molecule has 0 radical (unpaired) electrons. The van der Waals surface area contributed by atoms with E-state index >= 15 is 0 Å². The summed E-state index contributed by atoms with van der Waals surface area (Å²) in [4.78, 5) is 11.1. The number of carbonyl (C=O) groups is 1. The van der Waals surface area contributed by atoms with Crippen LogP contribution in [0.4, 0.5) is 0 Å². The van der Waals surface area contributed by atoms with E-state index in [1.165, 1.54) is 6.07 Å². The predicted molar refractivity (Wildman–Crippen MR) is 72.5 cm³/mol. The molecule has 0 spiro atoms. The molecule has 0 aromatic heterocycles. The van der Waals surface area contributed by atoms with Gasteiger partial charge in [-0.2, -0.15) is 0 Å². The van der Waals surface area contributed by atoms with E-state index in [2.05, 4.69) is 6.58 Å². The Bertz CT molecular complexity index is 733. The highest BCUT2D eigenvalue weighted by Crippen LogP contribution is 2.36. The monoisotopic (exact) mass is 295 g/mol. The zero-order chi connectivity index (χ0) is 15.1. The van der Waals surface area contributed by atoms with Crippen molar-refractivity contribution in [2.24, 2.45) is 0 Å². The molecule has 0 bridgehead atoms. The van der Waals surface area contributed by atoms with Gasteiger partial charge in [-0.25, -0.2) is 13.2 Å². The molecule has 1 heterocycles. The molecular formula is C13H13NO5S. The van der Waals surface area contributed by atoms with Gasteiger partial charge in [0.15, 0.2) is 11.5 Å². The quantitative estimate of drug-likeness (QED) is 0.821. The SMILES string of the molecule is C=CCc1cccc2c1C(O)=C(C(=O)O)N(C)S2(=O)=O. The van der Waals surface area contributed by atoms with E-state index in [-0.39, 0.29) is 10.5 Å². The summed E-state index contributed by atoms with van der Waals surface area (Å²) in [5.74, 6) is -2.06. The van der Waals surface area contributed by atoms with Gasteiger partial charge in [0.2, 0.25) is 0 Å². The molecule has 2 N–H and O–H groups in total. The van der Waals surface area contributed by atoms with Gasteiger partial charge in [0, 0.05) is 12.6 Å². The number of aliphatic hydroxyl groups is 1. The number of fused-ring (bicyclic) bond motifs is 1. The van der Waals surface area contributed by atoms with E-state index in [9.17, 15) is 18.3 Å². The molecular weight excluding hydrogens is 282 g/mol. The standard InChI is InChI=1S/C13H13NO5S/c1-3-5-8-6-4-7-9-10(8)12(15)11(13(16)17)14(2)20(9,18)19/h3-4,6-7,15H,1,5H2,2H3,(H,16,17). The number of rotatable bonds is 3. The summed E-state index contributed by atoms with van der Waals surface area (Å²) in [6.07, 6.45) is 1.87. The second-order valence-corrected chi connectivity index (χ2v) is 6.20. The summed E-state index contributed by atoms with van der Waals surface area (Å²) in [5.41, 5.74) is -0.123. The van der Waals surface area contributed by atoms with Gasteiger partial charge < -0.3 is 10.2 Å². The van der Waals surface area contributed by atoms with Crippen molar-refractivity contribution in [2.45, 2.75) is 11.3 Å². The van der Waals surface area contributed by atoms with E-state index in [1.807, 2.05) is 0 Å². The Morgan fingerprint density at radius 1 is 1.45 bits per heavy atom. The Balaban J connectivity index is 2.90. The van der Waals surface area contributed by atoms with Crippen LogP contribution in [0.3, 0.4) is 0 Å². The van der Waals surface area contributed by atoms with E-state index < -0.39 is 27.4 Å². The molecule has 1 aliphatic rings. The number of hydrogen-bond donors (Lipinski definition) is 2. The molecule has 2 rings (SSSR count). The maximum absolute atomic E-state index is 12.3. The largest absolute Gasteiger partial charge is 0.505 e. The summed E-state index contributed by atoms with van der Waals surface area (Å²) in [6.45, 7) is 3.56. The Morgan fingerprint density at radius 3 is 2.65 bits per heavy atom. The molecule has 0 amide bonds. The third-order valence-corrected chi connectivity index (χ3v) is 4.89. The van der Waals surface area contributed by atoms with Crippen molar-refractivity contribution >= 4 is 21.8 Å². The van der Waals surface area contributed by atoms with Crippen molar-refractivity contribution in [2.75, 3.05) is 7.05 Å². The number of benzene rings is 1. The Hall–Kier alpha value is -2.28. The van der Waals surface area contributed by atoms with E-state index in [4.69, 9.17) is 5.11 Å². The van der Waals surface area contributed by atoms with Crippen LogP contribution >= 0.6 is 0 Å². The molecule has 7 heteroatoms. The van der Waals surface area contributed by atoms with Crippen LogP contribution in [0.25, 0.3) is 5.76 Å². The summed E-state index contributed by atoms with van der Waals surface area (Å²) >= 11 is 0. The van der Waals surface area contributed by atoms with E-state index in [0.29, 0.717) is 16.3 Å². The maximum Gasteiger partial charge on any atom is 0.357 e. The Labute approximate surface area is 116 Å². The predicted octanol–water partition coefficient (Wildman–Crippen LogP) is 1.36. The number of sulfonamides is 1. The maximum atomic E-state index is 12.3. The molecule has 0 aliphatic carbocycles. The van der Waals surface area contributed by atoms with Gasteiger partial charge in [0.25, 0.3) is 10.0 Å². The highest BCUT2D eigenvalue weighted by molar-refractivity contribution is 7.89. The first kappa shape index (κ1) is 14.1. The molecule has 1 aliphatic heterocycles. The van der Waals surface area contributed by atoms with E-state index in [0.717, 1.165) is 7.05 Å². The third kappa shape index (κ3) is 1.87. The molecule has 0 saturated carbocycles. The summed E-state index contributed by atoms with van der Waals surface area (Å²) < 4.78 is 25.2. The molecule has 0 unspecified atom stereocenters. The number of nitrogens with zero attached hydrogens (tertiary/aromatic N) is 1. The number of carboxylic acid groups (broad SMARTS) is 1. The van der Waals surface area contributed by atoms with Crippen molar-refractivity contribution in [1.29, 1.82) is 0 Å². The molecule has 106 valence electrons. The van der Waals surface area contributed by atoms with Gasteiger partial charge in [-0.1, -0.05) is 18.2 Å². The normalized spacial score (nSPS) is 16.8. The number of carboxylic acids is 1. The van der Waals surface area contributed by atoms with Gasteiger partial charge in [-0.15, -0.1) is 6.58 Å². The fraction of sp³-hybridized carbons (Fsp3) is 0.154. The third-order valence-electron chi connectivity index (χ3n) is 3.09.